The van der Waals surface area contributed by atoms with Crippen molar-refractivity contribution in [3.63, 3.8) is 0 Å². The summed E-state index contributed by atoms with van der Waals surface area (Å²) in [6.45, 7) is 0. The molecule has 6 nitrogen and oxygen atoms in total. The highest BCUT2D eigenvalue weighted by Gasteiger charge is 2.10. The molecule has 3 rings (SSSR count). The first-order chi connectivity index (χ1) is 11.1. The maximum Gasteiger partial charge on any atom is 0.316 e. The topological polar surface area (TPSA) is 68.2 Å². The number of hydrogen-bond donors (Lipinski definition) is 0. The summed E-state index contributed by atoms with van der Waals surface area (Å²) in [4.78, 5) is 6.17. The van der Waals surface area contributed by atoms with Gasteiger partial charge in [0.15, 0.2) is 0 Å². The zero-order valence-corrected chi connectivity index (χ0v) is 12.9. The zero-order chi connectivity index (χ0) is 16.2. The Bertz CT molecular complexity index is 808. The number of nitrogens with zero attached hydrogens (tertiary/aromatic N) is 4. The lowest BCUT2D eigenvalue weighted by Crippen LogP contribution is -2.08. The molecule has 2 aromatic carbocycles. The molecule has 0 radical (unpaired) electrons. The minimum absolute atomic E-state index is 0.163. The Morgan fingerprint density at radius 2 is 1.74 bits per heavy atom. The van der Waals surface area contributed by atoms with Gasteiger partial charge in [-0.25, -0.2) is 0 Å². The molecule has 0 fully saturated rings. The van der Waals surface area contributed by atoms with Gasteiger partial charge in [0.1, 0.15) is 0 Å². The molecule has 0 aliphatic carbocycles. The normalized spacial score (nSPS) is 11.5. The first kappa shape index (κ1) is 14.8. The predicted octanol–water partition coefficient (Wildman–Crippen LogP) is 3.06. The fourth-order valence-corrected chi connectivity index (χ4v) is 2.06. The minimum atomic E-state index is 0.163. The smallest absolute Gasteiger partial charge is 0.316 e. The summed E-state index contributed by atoms with van der Waals surface area (Å²) in [5.74, 6) is 0.615. The molecule has 0 spiro atoms. The third kappa shape index (κ3) is 3.37. The van der Waals surface area contributed by atoms with E-state index in [2.05, 4.69) is 10.1 Å². The fourth-order valence-electron chi connectivity index (χ4n) is 2.06. The van der Waals surface area contributed by atoms with E-state index >= 15 is 0 Å². The van der Waals surface area contributed by atoms with Crippen LogP contribution in [0.1, 0.15) is 5.89 Å². The van der Waals surface area contributed by atoms with Crippen LogP contribution < -0.4 is 4.90 Å². The molecule has 116 valence electrons. The molecule has 0 bridgehead atoms. The molecule has 6 heteroatoms. The van der Waals surface area contributed by atoms with Gasteiger partial charge in [0.25, 0.3) is 0 Å². The Balaban J connectivity index is 1.82. The summed E-state index contributed by atoms with van der Waals surface area (Å²) in [6, 6.07) is 16.7. The van der Waals surface area contributed by atoms with Crippen LogP contribution in [0.15, 0.2) is 59.1 Å². The van der Waals surface area contributed by atoms with E-state index in [1.54, 1.807) is 12.1 Å². The molecule has 0 saturated carbocycles. The van der Waals surface area contributed by atoms with Crippen LogP contribution >= 0.6 is 0 Å². The summed E-state index contributed by atoms with van der Waals surface area (Å²) in [7, 11) is 3.89. The van der Waals surface area contributed by atoms with Crippen LogP contribution in [0, 0.1) is 5.21 Å². The van der Waals surface area contributed by atoms with E-state index in [1.165, 1.54) is 6.21 Å². The van der Waals surface area contributed by atoms with Gasteiger partial charge in [0, 0.05) is 37.5 Å². The molecule has 0 N–H and O–H groups in total. The standard InChI is InChI=1S/C17H16N4O2/c1-20(2)14-8-10-15(11-9-14)21(22)12-16-18-17(19-23-16)13-6-4-3-5-7-13/h3-12H,1-2H3/b21-12-. The van der Waals surface area contributed by atoms with E-state index in [0.717, 1.165) is 11.3 Å². The molecule has 0 aliphatic rings. The van der Waals surface area contributed by atoms with E-state index in [9.17, 15) is 5.21 Å². The Morgan fingerprint density at radius 1 is 1.04 bits per heavy atom. The van der Waals surface area contributed by atoms with Gasteiger partial charge in [-0.15, -0.1) is 0 Å². The monoisotopic (exact) mass is 308 g/mol. The van der Waals surface area contributed by atoms with Crippen molar-refractivity contribution in [3.05, 3.63) is 65.7 Å². The second-order valence-corrected chi connectivity index (χ2v) is 5.19. The van der Waals surface area contributed by atoms with Crippen molar-refractivity contribution < 1.29 is 9.26 Å². The van der Waals surface area contributed by atoms with Crippen molar-refractivity contribution in [2.24, 2.45) is 0 Å². The lowest BCUT2D eigenvalue weighted by Gasteiger charge is -2.11. The van der Waals surface area contributed by atoms with E-state index < -0.39 is 0 Å². The first-order valence-corrected chi connectivity index (χ1v) is 7.11. The summed E-state index contributed by atoms with van der Waals surface area (Å²) in [5, 5.41) is 16.0. The van der Waals surface area contributed by atoms with Crippen LogP contribution in [0.4, 0.5) is 11.4 Å². The Labute approximate surface area is 133 Å². The van der Waals surface area contributed by atoms with Gasteiger partial charge in [-0.2, -0.15) is 9.72 Å². The van der Waals surface area contributed by atoms with Gasteiger partial charge >= 0.3 is 5.89 Å². The van der Waals surface area contributed by atoms with Crippen LogP contribution in [0.2, 0.25) is 0 Å². The number of aromatic nitrogens is 2. The van der Waals surface area contributed by atoms with Crippen LogP contribution in [0.5, 0.6) is 0 Å². The van der Waals surface area contributed by atoms with Crippen molar-refractivity contribution in [1.82, 2.24) is 10.1 Å². The molecule has 0 atom stereocenters. The largest absolute Gasteiger partial charge is 0.618 e. The maximum absolute atomic E-state index is 12.2. The molecule has 1 heterocycles. The number of anilines is 1. The van der Waals surface area contributed by atoms with Gasteiger partial charge in [0.05, 0.1) is 0 Å². The third-order valence-electron chi connectivity index (χ3n) is 3.32. The van der Waals surface area contributed by atoms with E-state index in [-0.39, 0.29) is 5.89 Å². The lowest BCUT2D eigenvalue weighted by molar-refractivity contribution is -0.355. The average Bonchev–Trinajstić information content (AvgIpc) is 3.04. The van der Waals surface area contributed by atoms with Gasteiger partial charge < -0.3 is 14.6 Å². The second kappa shape index (κ2) is 6.31. The maximum atomic E-state index is 12.2. The van der Waals surface area contributed by atoms with Gasteiger partial charge in [-0.05, 0) is 12.1 Å². The molecule has 1 aromatic heterocycles. The van der Waals surface area contributed by atoms with E-state index in [4.69, 9.17) is 4.52 Å². The molecule has 0 unspecified atom stereocenters. The predicted molar refractivity (Wildman–Crippen MR) is 89.0 cm³/mol. The van der Waals surface area contributed by atoms with E-state index in [1.807, 2.05) is 61.5 Å². The third-order valence-corrected chi connectivity index (χ3v) is 3.32. The number of rotatable bonds is 4. The quantitative estimate of drug-likeness (QED) is 0.321. The Hall–Kier alpha value is -3.15. The summed E-state index contributed by atoms with van der Waals surface area (Å²) < 4.78 is 5.82. The SMILES string of the molecule is CN(C)c1ccc(/[N+]([O-])=C/c2nc(-c3ccccc3)no2)cc1. The van der Waals surface area contributed by atoms with Crippen LogP contribution in [-0.4, -0.2) is 35.2 Å². The Kier molecular flexibility index (Phi) is 4.05. The van der Waals surface area contributed by atoms with Crippen molar-refractivity contribution in [3.8, 4) is 11.4 Å². The molecule has 23 heavy (non-hydrogen) atoms. The molecule has 0 aliphatic heterocycles. The van der Waals surface area contributed by atoms with Crippen molar-refractivity contribution in [2.75, 3.05) is 19.0 Å². The van der Waals surface area contributed by atoms with Gasteiger partial charge in [0.2, 0.25) is 17.7 Å². The second-order valence-electron chi connectivity index (χ2n) is 5.19. The van der Waals surface area contributed by atoms with Crippen molar-refractivity contribution >= 4 is 17.6 Å². The zero-order valence-electron chi connectivity index (χ0n) is 12.9. The van der Waals surface area contributed by atoms with Gasteiger partial charge in [-0.3, -0.25) is 0 Å². The van der Waals surface area contributed by atoms with Crippen LogP contribution in [-0.2, 0) is 0 Å². The lowest BCUT2D eigenvalue weighted by atomic mass is 10.2. The summed E-state index contributed by atoms with van der Waals surface area (Å²) in [6.07, 6.45) is 1.27. The minimum Gasteiger partial charge on any atom is -0.618 e. The highest BCUT2D eigenvalue weighted by atomic mass is 16.5. The first-order valence-electron chi connectivity index (χ1n) is 7.11. The van der Waals surface area contributed by atoms with Crippen molar-refractivity contribution in [2.45, 2.75) is 0 Å². The number of hydrogen-bond acceptors (Lipinski definition) is 5. The summed E-state index contributed by atoms with van der Waals surface area (Å²) >= 11 is 0. The molecular formula is C17H16N4O2. The average molecular weight is 308 g/mol. The number of benzene rings is 2. The highest BCUT2D eigenvalue weighted by Crippen LogP contribution is 2.18. The van der Waals surface area contributed by atoms with Crippen LogP contribution in [0.3, 0.4) is 0 Å². The summed E-state index contributed by atoms with van der Waals surface area (Å²) in [5.41, 5.74) is 2.35. The fraction of sp³-hybridized carbons (Fsp3) is 0.118. The van der Waals surface area contributed by atoms with Crippen molar-refractivity contribution in [1.29, 1.82) is 0 Å². The molecule has 3 aromatic rings. The van der Waals surface area contributed by atoms with Gasteiger partial charge in [-0.1, -0.05) is 35.5 Å². The highest BCUT2D eigenvalue weighted by molar-refractivity contribution is 5.71. The van der Waals surface area contributed by atoms with Crippen LogP contribution in [0.25, 0.3) is 11.4 Å². The molecule has 0 saturated heterocycles. The Morgan fingerprint density at radius 3 is 2.39 bits per heavy atom. The molecular weight excluding hydrogens is 292 g/mol. The van der Waals surface area contributed by atoms with E-state index in [0.29, 0.717) is 16.3 Å². The molecule has 0 amide bonds.